The zero-order chi connectivity index (χ0) is 11.4. The van der Waals surface area contributed by atoms with E-state index in [4.69, 9.17) is 0 Å². The molecule has 0 atom stereocenters. The summed E-state index contributed by atoms with van der Waals surface area (Å²) < 4.78 is 0. The largest absolute Gasteiger partial charge is 0.393 e. The van der Waals surface area contributed by atoms with E-state index in [0.29, 0.717) is 12.1 Å². The number of hydrogen-bond acceptors (Lipinski definition) is 2. The van der Waals surface area contributed by atoms with E-state index in [1.807, 2.05) is 0 Å². The van der Waals surface area contributed by atoms with Crippen LogP contribution in [-0.2, 0) is 0 Å². The van der Waals surface area contributed by atoms with Crippen molar-refractivity contribution < 1.29 is 5.11 Å². The topological polar surface area (TPSA) is 32.3 Å². The average molecular weight is 213 g/mol. The highest BCUT2D eigenvalue weighted by atomic mass is 16.3. The van der Waals surface area contributed by atoms with Crippen LogP contribution in [0.3, 0.4) is 0 Å². The van der Waals surface area contributed by atoms with Crippen LogP contribution in [-0.4, -0.2) is 23.3 Å². The molecule has 0 aromatic carbocycles. The minimum atomic E-state index is -0.0405. The van der Waals surface area contributed by atoms with Crippen molar-refractivity contribution in [3.8, 4) is 0 Å². The minimum Gasteiger partial charge on any atom is -0.393 e. The first-order chi connectivity index (χ1) is 6.97. The molecule has 0 saturated heterocycles. The van der Waals surface area contributed by atoms with Crippen LogP contribution in [0.1, 0.15) is 53.4 Å². The maximum Gasteiger partial charge on any atom is 0.0570 e. The van der Waals surface area contributed by atoms with Gasteiger partial charge in [0.2, 0.25) is 0 Å². The van der Waals surface area contributed by atoms with Gasteiger partial charge in [-0.1, -0.05) is 27.7 Å². The Bertz CT molecular complexity index is 163. The lowest BCUT2D eigenvalue weighted by Gasteiger charge is -2.36. The molecular weight excluding hydrogens is 186 g/mol. The summed E-state index contributed by atoms with van der Waals surface area (Å²) in [7, 11) is 0. The molecule has 1 saturated carbocycles. The van der Waals surface area contributed by atoms with Gasteiger partial charge in [0, 0.05) is 12.1 Å². The zero-order valence-corrected chi connectivity index (χ0v) is 10.7. The lowest BCUT2D eigenvalue weighted by Crippen LogP contribution is -2.49. The fraction of sp³-hybridized carbons (Fsp3) is 1.00. The molecule has 15 heavy (non-hydrogen) atoms. The molecule has 0 unspecified atom stereocenters. The number of hydrogen-bond donors (Lipinski definition) is 2. The van der Waals surface area contributed by atoms with E-state index in [0.717, 1.165) is 24.7 Å². The molecule has 0 aliphatic heterocycles. The summed E-state index contributed by atoms with van der Waals surface area (Å²) in [6.07, 6.45) is 4.37. The smallest absolute Gasteiger partial charge is 0.0570 e. The van der Waals surface area contributed by atoms with Gasteiger partial charge in [-0.3, -0.25) is 0 Å². The molecule has 2 N–H and O–H groups in total. The predicted octanol–water partition coefficient (Wildman–Crippen LogP) is 2.56. The summed E-state index contributed by atoms with van der Waals surface area (Å²) in [6.45, 7) is 9.13. The zero-order valence-electron chi connectivity index (χ0n) is 10.7. The highest BCUT2D eigenvalue weighted by Crippen LogP contribution is 2.22. The summed E-state index contributed by atoms with van der Waals surface area (Å²) in [5.74, 6) is 1.51. The summed E-state index contributed by atoms with van der Waals surface area (Å²) in [4.78, 5) is 0. The number of rotatable bonds is 6. The van der Waals surface area contributed by atoms with E-state index in [1.165, 1.54) is 12.8 Å². The minimum absolute atomic E-state index is 0.0405. The second-order valence-corrected chi connectivity index (χ2v) is 5.94. The van der Waals surface area contributed by atoms with Gasteiger partial charge in [0.15, 0.2) is 0 Å². The van der Waals surface area contributed by atoms with E-state index in [-0.39, 0.29) is 6.10 Å². The van der Waals surface area contributed by atoms with Crippen LogP contribution >= 0.6 is 0 Å². The first-order valence-electron chi connectivity index (χ1n) is 6.41. The molecule has 90 valence electrons. The molecule has 1 aliphatic carbocycles. The van der Waals surface area contributed by atoms with Gasteiger partial charge in [-0.2, -0.15) is 0 Å². The van der Waals surface area contributed by atoms with E-state index >= 15 is 0 Å². The molecular formula is C13H27NO. The lowest BCUT2D eigenvalue weighted by atomic mass is 9.87. The molecule has 0 bridgehead atoms. The van der Waals surface area contributed by atoms with Crippen molar-refractivity contribution in [2.75, 3.05) is 0 Å². The van der Waals surface area contributed by atoms with Gasteiger partial charge in [0.25, 0.3) is 0 Å². The molecule has 0 radical (unpaired) electrons. The van der Waals surface area contributed by atoms with Crippen molar-refractivity contribution in [2.45, 2.75) is 71.6 Å². The van der Waals surface area contributed by atoms with Crippen molar-refractivity contribution in [1.82, 2.24) is 5.32 Å². The SMILES string of the molecule is CC(C)CC(CC(C)C)NC1CC(O)C1. The van der Waals surface area contributed by atoms with Crippen LogP contribution in [0.4, 0.5) is 0 Å². The number of aliphatic hydroxyl groups excluding tert-OH is 1. The van der Waals surface area contributed by atoms with Crippen LogP contribution in [0.2, 0.25) is 0 Å². The van der Waals surface area contributed by atoms with Crippen LogP contribution in [0.5, 0.6) is 0 Å². The van der Waals surface area contributed by atoms with Crippen molar-refractivity contribution in [3.63, 3.8) is 0 Å². The van der Waals surface area contributed by atoms with Crippen LogP contribution in [0.15, 0.2) is 0 Å². The number of aliphatic hydroxyl groups is 1. The fourth-order valence-corrected chi connectivity index (χ4v) is 2.43. The molecule has 1 fully saturated rings. The molecule has 0 aromatic rings. The quantitative estimate of drug-likeness (QED) is 0.711. The third-order valence-corrected chi connectivity index (χ3v) is 3.10. The van der Waals surface area contributed by atoms with Crippen molar-refractivity contribution in [1.29, 1.82) is 0 Å². The third kappa shape index (κ3) is 4.98. The van der Waals surface area contributed by atoms with Crippen molar-refractivity contribution >= 4 is 0 Å². The maximum absolute atomic E-state index is 9.26. The Hall–Kier alpha value is -0.0800. The Labute approximate surface area is 94.5 Å². The van der Waals surface area contributed by atoms with Gasteiger partial charge in [-0.15, -0.1) is 0 Å². The highest BCUT2D eigenvalue weighted by molar-refractivity contribution is 4.87. The molecule has 2 heteroatoms. The van der Waals surface area contributed by atoms with Crippen LogP contribution < -0.4 is 5.32 Å². The van der Waals surface area contributed by atoms with E-state index in [9.17, 15) is 5.11 Å². The van der Waals surface area contributed by atoms with E-state index in [2.05, 4.69) is 33.0 Å². The molecule has 0 aromatic heterocycles. The molecule has 0 amide bonds. The van der Waals surface area contributed by atoms with Gasteiger partial charge in [-0.25, -0.2) is 0 Å². The maximum atomic E-state index is 9.26. The lowest BCUT2D eigenvalue weighted by molar-refractivity contribution is 0.0551. The first-order valence-corrected chi connectivity index (χ1v) is 6.41. The van der Waals surface area contributed by atoms with Gasteiger partial charge in [0.05, 0.1) is 6.10 Å². The standard InChI is InChI=1S/C13H27NO/c1-9(2)5-11(6-10(3)4)14-12-7-13(15)8-12/h9-15H,5-8H2,1-4H3. The van der Waals surface area contributed by atoms with Crippen LogP contribution in [0.25, 0.3) is 0 Å². The Kier molecular flexibility index (Phi) is 5.07. The van der Waals surface area contributed by atoms with Gasteiger partial charge in [-0.05, 0) is 37.5 Å². The normalized spacial score (nSPS) is 26.4. The van der Waals surface area contributed by atoms with Gasteiger partial charge < -0.3 is 10.4 Å². The monoisotopic (exact) mass is 213 g/mol. The molecule has 2 nitrogen and oxygen atoms in total. The summed E-state index contributed by atoms with van der Waals surface area (Å²) in [5, 5.41) is 12.9. The summed E-state index contributed by atoms with van der Waals surface area (Å²) >= 11 is 0. The van der Waals surface area contributed by atoms with Gasteiger partial charge >= 0.3 is 0 Å². The Morgan fingerprint density at radius 3 is 1.87 bits per heavy atom. The molecule has 1 aliphatic rings. The van der Waals surface area contributed by atoms with E-state index in [1.54, 1.807) is 0 Å². The first kappa shape index (κ1) is 13.0. The van der Waals surface area contributed by atoms with E-state index < -0.39 is 0 Å². The molecule has 0 spiro atoms. The molecule has 1 rings (SSSR count). The van der Waals surface area contributed by atoms with Crippen molar-refractivity contribution in [2.24, 2.45) is 11.8 Å². The summed E-state index contributed by atoms with van der Waals surface area (Å²) in [5.41, 5.74) is 0. The summed E-state index contributed by atoms with van der Waals surface area (Å²) in [6, 6.07) is 1.21. The Morgan fingerprint density at radius 2 is 1.53 bits per heavy atom. The fourth-order valence-electron chi connectivity index (χ4n) is 2.43. The number of nitrogens with one attached hydrogen (secondary N) is 1. The Balaban J connectivity index is 2.28. The Morgan fingerprint density at radius 1 is 1.07 bits per heavy atom. The average Bonchev–Trinajstić information content (AvgIpc) is 1.98. The third-order valence-electron chi connectivity index (χ3n) is 3.10. The van der Waals surface area contributed by atoms with Crippen LogP contribution in [0, 0.1) is 11.8 Å². The van der Waals surface area contributed by atoms with Gasteiger partial charge in [0.1, 0.15) is 0 Å². The predicted molar refractivity (Wildman–Crippen MR) is 64.9 cm³/mol. The highest BCUT2D eigenvalue weighted by Gasteiger charge is 2.29. The molecule has 0 heterocycles. The second kappa shape index (κ2) is 5.86. The van der Waals surface area contributed by atoms with Crippen molar-refractivity contribution in [3.05, 3.63) is 0 Å². The second-order valence-electron chi connectivity index (χ2n) is 5.94.